The molecule has 0 saturated heterocycles. The van der Waals surface area contributed by atoms with Gasteiger partial charge < -0.3 is 16.4 Å². The van der Waals surface area contributed by atoms with E-state index >= 15 is 0 Å². The lowest BCUT2D eigenvalue weighted by Gasteiger charge is -2.22. The van der Waals surface area contributed by atoms with Crippen LogP contribution in [0.1, 0.15) is 23.1 Å². The van der Waals surface area contributed by atoms with E-state index in [-0.39, 0.29) is 18.2 Å². The van der Waals surface area contributed by atoms with Crippen molar-refractivity contribution in [3.63, 3.8) is 0 Å². The Hall–Kier alpha value is -3.93. The summed E-state index contributed by atoms with van der Waals surface area (Å²) in [5.41, 5.74) is 8.22. The summed E-state index contributed by atoms with van der Waals surface area (Å²) in [6.07, 6.45) is 0.603. The van der Waals surface area contributed by atoms with Gasteiger partial charge in [-0.1, -0.05) is 91.0 Å². The lowest BCUT2D eigenvalue weighted by atomic mass is 9.94. The maximum atomic E-state index is 13.2. The highest BCUT2D eigenvalue weighted by atomic mass is 16.2. The molecular weight excluding hydrogens is 414 g/mol. The molecule has 170 valence electrons. The monoisotopic (exact) mass is 443 g/mol. The van der Waals surface area contributed by atoms with Gasteiger partial charge in [0.1, 0.15) is 6.04 Å². The van der Waals surface area contributed by atoms with E-state index in [0.29, 0.717) is 19.4 Å². The van der Waals surface area contributed by atoms with E-state index in [4.69, 9.17) is 5.73 Å². The first-order chi connectivity index (χ1) is 16.0. The Labute approximate surface area is 194 Å². The molecule has 3 rings (SSSR count). The Morgan fingerprint density at radius 2 is 1.15 bits per heavy atom. The topological polar surface area (TPSA) is 101 Å². The molecule has 3 aromatic rings. The molecule has 6 heteroatoms. The highest BCUT2D eigenvalue weighted by molar-refractivity contribution is 5.90. The fourth-order valence-corrected chi connectivity index (χ4v) is 3.66. The zero-order valence-corrected chi connectivity index (χ0v) is 18.4. The molecule has 0 aromatic heterocycles. The van der Waals surface area contributed by atoms with Crippen LogP contribution < -0.4 is 16.4 Å². The van der Waals surface area contributed by atoms with Gasteiger partial charge in [-0.2, -0.15) is 0 Å². The van der Waals surface area contributed by atoms with Crippen molar-refractivity contribution in [2.75, 3.05) is 0 Å². The van der Waals surface area contributed by atoms with Crippen LogP contribution >= 0.6 is 0 Å². The van der Waals surface area contributed by atoms with Gasteiger partial charge in [-0.05, 0) is 23.1 Å². The van der Waals surface area contributed by atoms with Gasteiger partial charge in [0.15, 0.2) is 0 Å². The van der Waals surface area contributed by atoms with Gasteiger partial charge in [-0.3, -0.25) is 14.4 Å². The quantitative estimate of drug-likeness (QED) is 0.425. The Morgan fingerprint density at radius 1 is 0.667 bits per heavy atom. The van der Waals surface area contributed by atoms with Crippen LogP contribution in [-0.2, 0) is 33.8 Å². The smallest absolute Gasteiger partial charge is 0.243 e. The first kappa shape index (κ1) is 23.7. The molecule has 0 saturated carbocycles. The highest BCUT2D eigenvalue weighted by Crippen LogP contribution is 2.14. The van der Waals surface area contributed by atoms with Gasteiger partial charge in [0.25, 0.3) is 0 Å². The summed E-state index contributed by atoms with van der Waals surface area (Å²) in [5.74, 6) is -1.87. The summed E-state index contributed by atoms with van der Waals surface area (Å²) in [5, 5.41) is 5.78. The van der Waals surface area contributed by atoms with E-state index in [0.717, 1.165) is 16.7 Å². The predicted octanol–water partition coefficient (Wildman–Crippen LogP) is 2.76. The normalized spacial score (nSPS) is 12.4. The van der Waals surface area contributed by atoms with Crippen molar-refractivity contribution in [1.82, 2.24) is 10.6 Å². The number of benzene rings is 3. The van der Waals surface area contributed by atoms with Gasteiger partial charge in [0, 0.05) is 19.4 Å². The second-order valence-electron chi connectivity index (χ2n) is 8.01. The van der Waals surface area contributed by atoms with Crippen LogP contribution in [0.2, 0.25) is 0 Å². The third-order valence-corrected chi connectivity index (χ3v) is 5.37. The second kappa shape index (κ2) is 12.2. The van der Waals surface area contributed by atoms with Crippen molar-refractivity contribution in [1.29, 1.82) is 0 Å². The number of hydrogen-bond acceptors (Lipinski definition) is 3. The summed E-state index contributed by atoms with van der Waals surface area (Å²) in [6, 6.07) is 27.7. The van der Waals surface area contributed by atoms with E-state index < -0.39 is 17.9 Å². The van der Waals surface area contributed by atoms with E-state index in [1.54, 1.807) is 0 Å². The third-order valence-electron chi connectivity index (χ3n) is 5.37. The average molecular weight is 444 g/mol. The van der Waals surface area contributed by atoms with Crippen LogP contribution in [0.3, 0.4) is 0 Å². The number of amides is 3. The largest absolute Gasteiger partial charge is 0.370 e. The fourth-order valence-electron chi connectivity index (χ4n) is 3.66. The molecule has 0 heterocycles. The molecule has 6 nitrogen and oxygen atoms in total. The van der Waals surface area contributed by atoms with E-state index in [2.05, 4.69) is 10.6 Å². The Morgan fingerprint density at radius 3 is 1.67 bits per heavy atom. The lowest BCUT2D eigenvalue weighted by molar-refractivity contribution is -0.132. The molecule has 0 aliphatic heterocycles. The van der Waals surface area contributed by atoms with Crippen molar-refractivity contribution < 1.29 is 14.4 Å². The van der Waals surface area contributed by atoms with Gasteiger partial charge in [0.05, 0.1) is 5.92 Å². The van der Waals surface area contributed by atoms with Crippen LogP contribution in [0.15, 0.2) is 91.0 Å². The molecule has 33 heavy (non-hydrogen) atoms. The molecule has 0 aliphatic rings. The molecule has 0 spiro atoms. The minimum atomic E-state index is -0.783. The molecule has 4 N–H and O–H groups in total. The summed E-state index contributed by atoms with van der Waals surface area (Å²) in [7, 11) is 0. The number of carbonyl (C=O) groups excluding carboxylic acids is 3. The minimum Gasteiger partial charge on any atom is -0.370 e. The number of primary amides is 1. The van der Waals surface area contributed by atoms with Crippen molar-refractivity contribution in [2.24, 2.45) is 11.7 Å². The molecule has 3 aromatic carbocycles. The molecule has 0 aliphatic carbocycles. The van der Waals surface area contributed by atoms with Gasteiger partial charge in [0.2, 0.25) is 17.7 Å². The maximum absolute atomic E-state index is 13.2. The molecule has 0 bridgehead atoms. The number of carbonyl (C=O) groups is 3. The van der Waals surface area contributed by atoms with Gasteiger partial charge in [-0.25, -0.2) is 0 Å². The van der Waals surface area contributed by atoms with Gasteiger partial charge >= 0.3 is 0 Å². The summed E-state index contributed by atoms with van der Waals surface area (Å²) >= 11 is 0. The van der Waals surface area contributed by atoms with Crippen LogP contribution in [0.5, 0.6) is 0 Å². The first-order valence-electron chi connectivity index (χ1n) is 11.0. The molecular formula is C27H29N3O3. The van der Waals surface area contributed by atoms with E-state index in [9.17, 15) is 14.4 Å². The zero-order valence-electron chi connectivity index (χ0n) is 18.4. The zero-order chi connectivity index (χ0) is 23.5. The molecule has 2 atom stereocenters. The van der Waals surface area contributed by atoms with Crippen molar-refractivity contribution in [2.45, 2.75) is 31.8 Å². The summed E-state index contributed by atoms with van der Waals surface area (Å²) < 4.78 is 0. The van der Waals surface area contributed by atoms with Crippen molar-refractivity contribution >= 4 is 17.7 Å². The van der Waals surface area contributed by atoms with E-state index in [1.807, 2.05) is 91.0 Å². The first-order valence-corrected chi connectivity index (χ1v) is 11.0. The van der Waals surface area contributed by atoms with Crippen molar-refractivity contribution in [3.05, 3.63) is 108 Å². The van der Waals surface area contributed by atoms with Crippen LogP contribution in [0, 0.1) is 5.92 Å². The fraction of sp³-hybridized carbons (Fsp3) is 0.222. The average Bonchev–Trinajstić information content (AvgIpc) is 2.83. The predicted molar refractivity (Wildman–Crippen MR) is 128 cm³/mol. The Bertz CT molecular complexity index is 1040. The van der Waals surface area contributed by atoms with Crippen LogP contribution in [-0.4, -0.2) is 23.8 Å². The summed E-state index contributed by atoms with van der Waals surface area (Å²) in [4.78, 5) is 37.8. The minimum absolute atomic E-state index is 0.0928. The number of nitrogens with one attached hydrogen (secondary N) is 2. The Kier molecular flexibility index (Phi) is 8.77. The number of hydrogen-bond donors (Lipinski definition) is 3. The lowest BCUT2D eigenvalue weighted by Crippen LogP contribution is -2.50. The SMILES string of the molecule is NC(=O)CC(Cc1ccccc1)C(=O)N[C@@H](Cc1ccccc1)C(=O)NCc1ccccc1. The second-order valence-corrected chi connectivity index (χ2v) is 8.01. The van der Waals surface area contributed by atoms with Crippen LogP contribution in [0.4, 0.5) is 0 Å². The third kappa shape index (κ3) is 7.92. The molecule has 0 radical (unpaired) electrons. The highest BCUT2D eigenvalue weighted by Gasteiger charge is 2.27. The molecule has 3 amide bonds. The Balaban J connectivity index is 1.73. The van der Waals surface area contributed by atoms with Crippen molar-refractivity contribution in [3.8, 4) is 0 Å². The van der Waals surface area contributed by atoms with Gasteiger partial charge in [-0.15, -0.1) is 0 Å². The number of nitrogens with two attached hydrogens (primary N) is 1. The standard InChI is InChI=1S/C27H29N3O3/c28-25(31)18-23(16-20-10-4-1-5-11-20)26(32)30-24(17-21-12-6-2-7-13-21)27(33)29-19-22-14-8-3-9-15-22/h1-15,23-24H,16-19H2,(H2,28,31)(H,29,33)(H,30,32)/t23?,24-/m0/s1. The maximum Gasteiger partial charge on any atom is 0.243 e. The molecule has 0 fully saturated rings. The van der Waals surface area contributed by atoms with Crippen LogP contribution in [0.25, 0.3) is 0 Å². The summed E-state index contributed by atoms with van der Waals surface area (Å²) in [6.45, 7) is 0.357. The number of rotatable bonds is 11. The molecule has 1 unspecified atom stereocenters. The van der Waals surface area contributed by atoms with E-state index in [1.165, 1.54) is 0 Å².